The molecule has 4 atom stereocenters. The zero-order chi connectivity index (χ0) is 47.8. The average Bonchev–Trinajstić information content (AvgIpc) is 3.78. The van der Waals surface area contributed by atoms with Crippen LogP contribution in [0.1, 0.15) is 48.8 Å². The number of likely N-dealkylation sites (tertiary alicyclic amines) is 1. The molecule has 3 N–H and O–H groups in total. The molecule has 5 aromatic rings. The van der Waals surface area contributed by atoms with Crippen LogP contribution in [-0.2, 0) is 48.5 Å². The number of nitrogens with zero attached hydrogens (tertiary/aromatic N) is 5. The summed E-state index contributed by atoms with van der Waals surface area (Å²) in [6, 6.07) is 36.6. The Morgan fingerprint density at radius 3 is 2.13 bits per heavy atom. The van der Waals surface area contributed by atoms with E-state index in [9.17, 15) is 32.7 Å². The van der Waals surface area contributed by atoms with Crippen molar-refractivity contribution in [2.24, 2.45) is 0 Å². The van der Waals surface area contributed by atoms with Gasteiger partial charge >= 0.3 is 23.6 Å². The number of sulfonamides is 1. The van der Waals surface area contributed by atoms with Crippen molar-refractivity contribution in [3.8, 4) is 5.75 Å². The fourth-order valence-electron chi connectivity index (χ4n) is 10.2. The molecule has 0 radical (unpaired) electrons. The number of unbranched alkanes of at least 4 members (excludes halogenated alkanes) is 1. The van der Waals surface area contributed by atoms with E-state index in [-0.39, 0.29) is 41.9 Å². The number of fused-ring (bicyclic) bond motifs is 1. The van der Waals surface area contributed by atoms with Gasteiger partial charge in [-0.25, -0.2) is 13.1 Å². The topological polar surface area (TPSA) is 163 Å². The zero-order valence-electron chi connectivity index (χ0n) is 39.0. The Balaban J connectivity index is 1.02. The van der Waals surface area contributed by atoms with Gasteiger partial charge < -0.3 is 30.0 Å². The molecule has 0 spiro atoms. The normalized spacial score (nSPS) is 19.7. The van der Waals surface area contributed by atoms with Crippen LogP contribution in [0.2, 0.25) is 0 Å². The summed E-state index contributed by atoms with van der Waals surface area (Å²) >= 11 is 0. The van der Waals surface area contributed by atoms with Crippen molar-refractivity contribution in [2.45, 2.75) is 80.4 Å². The first-order valence-electron chi connectivity index (χ1n) is 23.8. The van der Waals surface area contributed by atoms with Gasteiger partial charge in [-0.05, 0) is 92.4 Å². The Hall–Kier alpha value is -6.29. The van der Waals surface area contributed by atoms with Crippen LogP contribution in [0.4, 0.5) is 5.69 Å². The van der Waals surface area contributed by atoms with Gasteiger partial charge in [0, 0.05) is 81.9 Å². The zero-order valence-corrected chi connectivity index (χ0v) is 39.8. The second-order valence-electron chi connectivity index (χ2n) is 18.6. The van der Waals surface area contributed by atoms with Crippen LogP contribution in [0.5, 0.6) is 5.75 Å². The minimum atomic E-state index is -3.88. The third kappa shape index (κ3) is 11.3. The molecule has 8 rings (SSSR count). The van der Waals surface area contributed by atoms with Crippen molar-refractivity contribution < 1.29 is 32.7 Å². The number of carbonyl (C=O) groups excluding carboxylic acids is 4. The number of anilines is 1. The molecule has 3 saturated heterocycles. The summed E-state index contributed by atoms with van der Waals surface area (Å²) < 4.78 is 30.5. The minimum absolute atomic E-state index is 0.0862. The minimum Gasteiger partial charge on any atom is -0.508 e. The van der Waals surface area contributed by atoms with Crippen LogP contribution >= 0.6 is 0 Å². The fourth-order valence-corrected chi connectivity index (χ4v) is 11.5. The number of amides is 4. The first-order chi connectivity index (χ1) is 32.9. The molecule has 68 heavy (non-hydrogen) atoms. The molecule has 3 heterocycles. The van der Waals surface area contributed by atoms with Crippen LogP contribution in [-0.4, -0.2) is 141 Å². The highest BCUT2D eigenvalue weighted by Gasteiger charge is 2.43. The smallest absolute Gasteiger partial charge is 0.312 e. The number of piperazine rings is 2. The second-order valence-corrected chi connectivity index (χ2v) is 20.3. The van der Waals surface area contributed by atoms with Gasteiger partial charge in [-0.3, -0.25) is 24.1 Å². The lowest BCUT2D eigenvalue weighted by atomic mass is 9.97. The standard InChI is InChI=1S/C53H63N7O7S/c1-56(2)48-22-11-21-47-46(48)20-12-23-49(47)68(66,67)55-29-10-9-18-42(35-57-30-13-19-41(57)36-60-43(34-54-50(62)51(60)63)32-39-16-7-4-8-17-39)59-37-44(33-40-24-26-45(61)27-25-40)58(52(64)53(59)65)31-28-38-14-5-3-6-15-38/h3-8,11-12,14-17,20-27,41-44,55,61H,9-10,13,18-19,28-37H2,1-2H3,(H,54,62)/t41-,42-,43-,44-/m0/s1. The van der Waals surface area contributed by atoms with E-state index in [4.69, 9.17) is 0 Å². The lowest BCUT2D eigenvalue weighted by Crippen LogP contribution is -2.64. The molecule has 15 heteroatoms. The van der Waals surface area contributed by atoms with E-state index in [0.29, 0.717) is 70.1 Å². The van der Waals surface area contributed by atoms with Crippen molar-refractivity contribution in [2.75, 3.05) is 64.8 Å². The van der Waals surface area contributed by atoms with Crippen molar-refractivity contribution in [3.05, 3.63) is 138 Å². The molecular weight excluding hydrogens is 879 g/mol. The van der Waals surface area contributed by atoms with Gasteiger partial charge in [0.2, 0.25) is 10.0 Å². The van der Waals surface area contributed by atoms with E-state index in [2.05, 4.69) is 14.9 Å². The molecule has 0 bridgehead atoms. The molecule has 0 saturated carbocycles. The molecule has 358 valence electrons. The predicted molar refractivity (Wildman–Crippen MR) is 264 cm³/mol. The number of nitrogens with one attached hydrogen (secondary N) is 2. The van der Waals surface area contributed by atoms with Crippen LogP contribution in [0.25, 0.3) is 10.8 Å². The van der Waals surface area contributed by atoms with E-state index >= 15 is 0 Å². The van der Waals surface area contributed by atoms with E-state index in [1.807, 2.05) is 116 Å². The molecule has 5 aromatic carbocycles. The first-order valence-corrected chi connectivity index (χ1v) is 25.3. The van der Waals surface area contributed by atoms with Crippen molar-refractivity contribution >= 4 is 50.1 Å². The molecule has 14 nitrogen and oxygen atoms in total. The van der Waals surface area contributed by atoms with Crippen molar-refractivity contribution in [1.82, 2.24) is 29.6 Å². The van der Waals surface area contributed by atoms with Gasteiger partial charge in [-0.15, -0.1) is 0 Å². The number of rotatable bonds is 20. The molecule has 3 fully saturated rings. The van der Waals surface area contributed by atoms with E-state index < -0.39 is 39.7 Å². The van der Waals surface area contributed by atoms with Gasteiger partial charge in [-0.2, -0.15) is 0 Å². The summed E-state index contributed by atoms with van der Waals surface area (Å²) in [5.74, 6) is -2.15. The molecule has 0 aromatic heterocycles. The Morgan fingerprint density at radius 2 is 1.40 bits per heavy atom. The molecule has 0 unspecified atom stereocenters. The lowest BCUT2D eigenvalue weighted by Gasteiger charge is -2.45. The molecule has 0 aliphatic carbocycles. The highest BCUT2D eigenvalue weighted by Crippen LogP contribution is 2.31. The number of hydrogen-bond donors (Lipinski definition) is 3. The molecule has 3 aliphatic rings. The Morgan fingerprint density at radius 1 is 0.721 bits per heavy atom. The highest BCUT2D eigenvalue weighted by molar-refractivity contribution is 7.89. The Kier molecular flexibility index (Phi) is 15.4. The van der Waals surface area contributed by atoms with Gasteiger partial charge in [0.15, 0.2) is 0 Å². The molecule has 3 aliphatic heterocycles. The average molecular weight is 942 g/mol. The monoisotopic (exact) mass is 941 g/mol. The first kappa shape index (κ1) is 48.2. The SMILES string of the molecule is CN(C)c1cccc2c(S(=O)(=O)NCCCC[C@@H](CN3CCC[C@H]3CN3C(=O)C(=O)NC[C@@H]3Cc3ccccc3)N3C[C@H](Cc4ccc(O)cc4)N(CCc4ccccc4)C(=O)C3=O)cccc12. The summed E-state index contributed by atoms with van der Waals surface area (Å²) in [5.41, 5.74) is 3.97. The van der Waals surface area contributed by atoms with Gasteiger partial charge in [0.05, 0.1) is 17.0 Å². The Bertz CT molecular complexity index is 2670. The lowest BCUT2D eigenvalue weighted by molar-refractivity contribution is -0.161. The molecule has 4 amide bonds. The summed E-state index contributed by atoms with van der Waals surface area (Å²) in [6.45, 7) is 2.68. The van der Waals surface area contributed by atoms with Gasteiger partial charge in [0.25, 0.3) is 0 Å². The predicted octanol–water partition coefficient (Wildman–Crippen LogP) is 4.99. The van der Waals surface area contributed by atoms with Gasteiger partial charge in [0.1, 0.15) is 5.75 Å². The number of carbonyl (C=O) groups is 4. The maximum atomic E-state index is 14.5. The van der Waals surface area contributed by atoms with Crippen LogP contribution < -0.4 is 14.9 Å². The number of phenols is 1. The quantitative estimate of drug-likeness (QED) is 0.0722. The van der Waals surface area contributed by atoms with E-state index in [0.717, 1.165) is 47.2 Å². The summed E-state index contributed by atoms with van der Waals surface area (Å²) in [5, 5.41) is 14.3. The maximum Gasteiger partial charge on any atom is 0.312 e. The number of aromatic hydroxyl groups is 1. The third-order valence-corrected chi connectivity index (χ3v) is 15.4. The summed E-state index contributed by atoms with van der Waals surface area (Å²) in [4.78, 5) is 65.0. The molecular formula is C53H63N7O7S. The van der Waals surface area contributed by atoms with Crippen LogP contribution in [0.3, 0.4) is 0 Å². The fraction of sp³-hybridized carbons (Fsp3) is 0.396. The van der Waals surface area contributed by atoms with E-state index in [1.54, 1.807) is 39.0 Å². The summed E-state index contributed by atoms with van der Waals surface area (Å²) in [7, 11) is -0.0286. The van der Waals surface area contributed by atoms with Crippen molar-refractivity contribution in [1.29, 1.82) is 0 Å². The second kappa shape index (κ2) is 21.8. The van der Waals surface area contributed by atoms with Gasteiger partial charge in [-0.1, -0.05) is 103 Å². The Labute approximate surface area is 399 Å². The van der Waals surface area contributed by atoms with Crippen LogP contribution in [0.15, 0.2) is 126 Å². The summed E-state index contributed by atoms with van der Waals surface area (Å²) in [6.07, 6.45) is 4.86. The van der Waals surface area contributed by atoms with E-state index in [1.165, 1.54) is 0 Å². The maximum absolute atomic E-state index is 14.5. The third-order valence-electron chi connectivity index (χ3n) is 13.8. The number of phenolic OH excluding ortho intramolecular Hbond substituents is 1. The highest BCUT2D eigenvalue weighted by atomic mass is 32.2. The van der Waals surface area contributed by atoms with Crippen molar-refractivity contribution in [3.63, 3.8) is 0 Å². The number of benzene rings is 5. The van der Waals surface area contributed by atoms with Crippen LogP contribution in [0, 0.1) is 0 Å². The number of hydrogen-bond acceptors (Lipinski definition) is 9. The largest absolute Gasteiger partial charge is 0.508 e.